The highest BCUT2D eigenvalue weighted by Crippen LogP contribution is 2.33. The minimum Gasteiger partial charge on any atom is -0.342 e. The van der Waals surface area contributed by atoms with Crippen LogP contribution in [0.1, 0.15) is 39.5 Å². The van der Waals surface area contributed by atoms with Crippen LogP contribution in [0.3, 0.4) is 0 Å². The first-order chi connectivity index (χ1) is 12.3. The molecule has 2 aliphatic heterocycles. The predicted molar refractivity (Wildman–Crippen MR) is 105 cm³/mol. The number of rotatable bonds is 4. The second-order valence-electron chi connectivity index (χ2n) is 7.60. The molecule has 146 valence electrons. The van der Waals surface area contributed by atoms with E-state index in [0.29, 0.717) is 27.6 Å². The molecule has 1 aromatic rings. The summed E-state index contributed by atoms with van der Waals surface area (Å²) in [5, 5.41) is 0. The first-order valence-electron chi connectivity index (χ1n) is 9.33. The lowest BCUT2D eigenvalue weighted by Crippen LogP contribution is -2.45. The van der Waals surface area contributed by atoms with E-state index in [0.717, 1.165) is 50.1 Å². The van der Waals surface area contributed by atoms with Gasteiger partial charge < -0.3 is 4.90 Å². The van der Waals surface area contributed by atoms with Crippen LogP contribution in [-0.2, 0) is 14.8 Å². The van der Waals surface area contributed by atoms with Crippen molar-refractivity contribution >= 4 is 38.9 Å². The molecule has 2 saturated heterocycles. The number of hydrogen-bond donors (Lipinski definition) is 0. The lowest BCUT2D eigenvalue weighted by Gasteiger charge is -2.37. The van der Waals surface area contributed by atoms with Crippen LogP contribution in [0.2, 0.25) is 4.34 Å². The molecule has 3 heterocycles. The Kier molecular flexibility index (Phi) is 6.32. The number of sulfonamides is 1. The van der Waals surface area contributed by atoms with Gasteiger partial charge in [0.05, 0.1) is 4.34 Å². The summed E-state index contributed by atoms with van der Waals surface area (Å²) in [6.07, 6.45) is 3.63. The normalized spacial score (nSPS) is 22.5. The number of likely N-dealkylation sites (tertiary alicyclic amines) is 1. The molecule has 0 saturated carbocycles. The van der Waals surface area contributed by atoms with Crippen molar-refractivity contribution in [3.63, 3.8) is 0 Å². The summed E-state index contributed by atoms with van der Waals surface area (Å²) in [6, 6.07) is 3.18. The first kappa shape index (κ1) is 20.1. The van der Waals surface area contributed by atoms with Crippen LogP contribution < -0.4 is 0 Å². The molecule has 1 aromatic heterocycles. The number of halogens is 1. The van der Waals surface area contributed by atoms with Crippen molar-refractivity contribution in [1.82, 2.24) is 9.21 Å². The number of thiophene rings is 1. The van der Waals surface area contributed by atoms with E-state index in [2.05, 4.69) is 6.92 Å². The smallest absolute Gasteiger partial charge is 0.252 e. The number of piperidine rings is 2. The highest BCUT2D eigenvalue weighted by Gasteiger charge is 2.35. The topological polar surface area (TPSA) is 57.7 Å². The number of hydrogen-bond acceptors (Lipinski definition) is 4. The van der Waals surface area contributed by atoms with Gasteiger partial charge in [0.2, 0.25) is 5.91 Å². The van der Waals surface area contributed by atoms with Crippen LogP contribution in [0, 0.1) is 17.8 Å². The first-order valence-corrected chi connectivity index (χ1v) is 12.0. The molecular formula is C18H27ClN2O3S2. The Labute approximate surface area is 165 Å². The fourth-order valence-corrected chi connectivity index (χ4v) is 7.01. The van der Waals surface area contributed by atoms with E-state index in [9.17, 15) is 13.2 Å². The van der Waals surface area contributed by atoms with Gasteiger partial charge in [-0.1, -0.05) is 25.4 Å². The molecule has 0 radical (unpaired) electrons. The zero-order valence-corrected chi connectivity index (χ0v) is 17.7. The van der Waals surface area contributed by atoms with E-state index in [1.54, 1.807) is 12.1 Å². The van der Waals surface area contributed by atoms with Crippen molar-refractivity contribution in [3.8, 4) is 0 Å². The van der Waals surface area contributed by atoms with Crippen LogP contribution in [0.15, 0.2) is 16.3 Å². The van der Waals surface area contributed by atoms with Gasteiger partial charge in [0.1, 0.15) is 4.21 Å². The third kappa shape index (κ3) is 4.26. The lowest BCUT2D eigenvalue weighted by atomic mass is 9.84. The second kappa shape index (κ2) is 8.17. The van der Waals surface area contributed by atoms with Gasteiger partial charge in [-0.25, -0.2) is 8.42 Å². The second-order valence-corrected chi connectivity index (χ2v) is 11.5. The van der Waals surface area contributed by atoms with E-state index < -0.39 is 10.0 Å². The quantitative estimate of drug-likeness (QED) is 0.749. The Bertz CT molecular complexity index is 733. The maximum absolute atomic E-state index is 12.8. The molecule has 8 heteroatoms. The molecular weight excluding hydrogens is 392 g/mol. The van der Waals surface area contributed by atoms with Crippen LogP contribution in [0.4, 0.5) is 0 Å². The van der Waals surface area contributed by atoms with Gasteiger partial charge in [0.25, 0.3) is 10.0 Å². The average molecular weight is 419 g/mol. The summed E-state index contributed by atoms with van der Waals surface area (Å²) in [7, 11) is -3.47. The van der Waals surface area contributed by atoms with Crippen molar-refractivity contribution in [2.75, 3.05) is 26.2 Å². The fourth-order valence-electron chi connectivity index (χ4n) is 3.90. The highest BCUT2D eigenvalue weighted by molar-refractivity contribution is 7.91. The van der Waals surface area contributed by atoms with Gasteiger partial charge in [0, 0.05) is 32.1 Å². The van der Waals surface area contributed by atoms with E-state index >= 15 is 0 Å². The largest absolute Gasteiger partial charge is 0.342 e. The molecule has 0 bridgehead atoms. The monoisotopic (exact) mass is 418 g/mol. The summed E-state index contributed by atoms with van der Waals surface area (Å²) in [6.45, 7) is 6.90. The summed E-state index contributed by atoms with van der Waals surface area (Å²) < 4.78 is 27.7. The molecule has 5 nitrogen and oxygen atoms in total. The molecule has 0 N–H and O–H groups in total. The highest BCUT2D eigenvalue weighted by atomic mass is 35.5. The SMILES string of the molecule is CC1CCN(C(=O)C(C)C2CCN(S(=O)(=O)c3ccc(Cl)s3)CC2)CC1. The maximum atomic E-state index is 12.8. The molecule has 1 atom stereocenters. The summed E-state index contributed by atoms with van der Waals surface area (Å²) in [5.74, 6) is 1.15. The van der Waals surface area contributed by atoms with Gasteiger partial charge in [0.15, 0.2) is 0 Å². The van der Waals surface area contributed by atoms with Crippen LogP contribution in [-0.4, -0.2) is 49.7 Å². The van der Waals surface area contributed by atoms with Gasteiger partial charge in [-0.15, -0.1) is 11.3 Å². The maximum Gasteiger partial charge on any atom is 0.252 e. The van der Waals surface area contributed by atoms with Crippen molar-refractivity contribution in [1.29, 1.82) is 0 Å². The van der Waals surface area contributed by atoms with E-state index in [1.165, 1.54) is 4.31 Å². The Hall–Kier alpha value is -0.630. The van der Waals surface area contributed by atoms with E-state index in [1.807, 2.05) is 11.8 Å². The van der Waals surface area contributed by atoms with Gasteiger partial charge in [-0.3, -0.25) is 4.79 Å². The summed E-state index contributed by atoms with van der Waals surface area (Å²) in [4.78, 5) is 14.8. The minimum absolute atomic E-state index is 0.0376. The molecule has 0 aliphatic carbocycles. The summed E-state index contributed by atoms with van der Waals surface area (Å²) in [5.41, 5.74) is 0. The Morgan fingerprint density at radius 3 is 2.31 bits per heavy atom. The third-order valence-corrected chi connectivity index (χ3v) is 9.43. The van der Waals surface area contributed by atoms with Gasteiger partial charge >= 0.3 is 0 Å². The molecule has 0 spiro atoms. The van der Waals surface area contributed by atoms with E-state index in [4.69, 9.17) is 11.6 Å². The molecule has 2 fully saturated rings. The molecule has 1 amide bonds. The van der Waals surface area contributed by atoms with Crippen molar-refractivity contribution in [3.05, 3.63) is 16.5 Å². The van der Waals surface area contributed by atoms with Crippen LogP contribution in [0.5, 0.6) is 0 Å². The fraction of sp³-hybridized carbons (Fsp3) is 0.722. The lowest BCUT2D eigenvalue weighted by molar-refractivity contribution is -0.138. The molecule has 0 aromatic carbocycles. The standard InChI is InChI=1S/C18H27ClN2O3S2/c1-13-5-9-20(10-6-13)18(22)14(2)15-7-11-21(12-8-15)26(23,24)17-4-3-16(19)25-17/h3-4,13-15H,5-12H2,1-2H3. The molecule has 3 rings (SSSR count). The molecule has 2 aliphatic rings. The number of carbonyl (C=O) groups excluding carboxylic acids is 1. The molecule has 1 unspecified atom stereocenters. The Morgan fingerprint density at radius 1 is 1.15 bits per heavy atom. The minimum atomic E-state index is -3.47. The van der Waals surface area contributed by atoms with Crippen molar-refractivity contribution in [2.24, 2.45) is 17.8 Å². The van der Waals surface area contributed by atoms with Crippen molar-refractivity contribution < 1.29 is 13.2 Å². The zero-order chi connectivity index (χ0) is 18.9. The Balaban J connectivity index is 1.57. The van der Waals surface area contributed by atoms with Crippen LogP contribution in [0.25, 0.3) is 0 Å². The van der Waals surface area contributed by atoms with Gasteiger partial charge in [-0.2, -0.15) is 4.31 Å². The zero-order valence-electron chi connectivity index (χ0n) is 15.4. The average Bonchev–Trinajstić information content (AvgIpc) is 3.08. The van der Waals surface area contributed by atoms with Crippen LogP contribution >= 0.6 is 22.9 Å². The number of amides is 1. The third-order valence-electron chi connectivity index (χ3n) is 5.83. The number of nitrogens with zero attached hydrogens (tertiary/aromatic N) is 2. The Morgan fingerprint density at radius 2 is 1.77 bits per heavy atom. The van der Waals surface area contributed by atoms with Crippen molar-refractivity contribution in [2.45, 2.75) is 43.7 Å². The number of carbonyl (C=O) groups is 1. The summed E-state index contributed by atoms with van der Waals surface area (Å²) >= 11 is 6.98. The van der Waals surface area contributed by atoms with E-state index in [-0.39, 0.29) is 17.7 Å². The van der Waals surface area contributed by atoms with Gasteiger partial charge in [-0.05, 0) is 49.7 Å². The predicted octanol–water partition coefficient (Wildman–Crippen LogP) is 3.70. The molecule has 26 heavy (non-hydrogen) atoms.